The number of aliphatic hydroxyl groups is 3. The highest BCUT2D eigenvalue weighted by Crippen LogP contribution is 2.32. The second-order valence-electron chi connectivity index (χ2n) is 7.73. The van der Waals surface area contributed by atoms with Crippen LogP contribution in [0.15, 0.2) is 30.6 Å². The Morgan fingerprint density at radius 1 is 1.21 bits per heavy atom. The number of esters is 1. The summed E-state index contributed by atoms with van der Waals surface area (Å²) < 4.78 is 11.7. The van der Waals surface area contributed by atoms with E-state index in [1.54, 1.807) is 0 Å². The van der Waals surface area contributed by atoms with Crippen molar-refractivity contribution in [1.29, 1.82) is 0 Å². The van der Waals surface area contributed by atoms with Crippen LogP contribution in [0.3, 0.4) is 0 Å². The second kappa shape index (κ2) is 9.67. The normalized spacial score (nSPS) is 22.5. The highest BCUT2D eigenvalue weighted by atomic mass is 16.6. The number of imidazole rings is 1. The van der Waals surface area contributed by atoms with Gasteiger partial charge in [0.05, 0.1) is 26.5 Å². The fourth-order valence-corrected chi connectivity index (χ4v) is 3.69. The van der Waals surface area contributed by atoms with E-state index in [-0.39, 0.29) is 24.2 Å². The third kappa shape index (κ3) is 4.73. The largest absolute Gasteiger partial charge is 0.469 e. The molecule has 0 unspecified atom stereocenters. The fourth-order valence-electron chi connectivity index (χ4n) is 3.69. The molecule has 1 saturated heterocycles. The van der Waals surface area contributed by atoms with Crippen molar-refractivity contribution in [3.8, 4) is 0 Å². The Labute approximate surface area is 189 Å². The summed E-state index contributed by atoms with van der Waals surface area (Å²) in [5.74, 6) is 0.140. The number of nitrogens with two attached hydrogens (primary N) is 1. The SMILES string of the molecule is COC(=O)Cc1ccc(CCNc2nc(N)c3ncn([C@@H]4O[C@H](CO)[C@@H](O)[C@H]4O)c3n2)cc1. The molecule has 0 radical (unpaired) electrons. The first-order chi connectivity index (χ1) is 15.9. The van der Waals surface area contributed by atoms with Crippen molar-refractivity contribution < 1.29 is 29.6 Å². The van der Waals surface area contributed by atoms with Crippen molar-refractivity contribution >= 4 is 28.9 Å². The van der Waals surface area contributed by atoms with E-state index in [0.29, 0.717) is 24.1 Å². The van der Waals surface area contributed by atoms with E-state index in [0.717, 1.165) is 11.1 Å². The van der Waals surface area contributed by atoms with Gasteiger partial charge in [-0.25, -0.2) is 4.98 Å². The van der Waals surface area contributed by atoms with Crippen molar-refractivity contribution in [2.24, 2.45) is 0 Å². The lowest BCUT2D eigenvalue weighted by atomic mass is 10.1. The lowest BCUT2D eigenvalue weighted by Gasteiger charge is -2.16. The Kier molecular flexibility index (Phi) is 6.70. The van der Waals surface area contributed by atoms with E-state index < -0.39 is 31.1 Å². The predicted molar refractivity (Wildman–Crippen MR) is 117 cm³/mol. The van der Waals surface area contributed by atoms with Gasteiger partial charge in [-0.2, -0.15) is 9.97 Å². The molecule has 0 amide bonds. The molecule has 2 aromatic heterocycles. The molecule has 176 valence electrons. The molecule has 3 aromatic rings. The molecule has 1 aromatic carbocycles. The molecule has 1 fully saturated rings. The second-order valence-corrected chi connectivity index (χ2v) is 7.73. The van der Waals surface area contributed by atoms with Crippen LogP contribution in [0.1, 0.15) is 17.4 Å². The number of carbonyl (C=O) groups is 1. The maximum absolute atomic E-state index is 11.4. The lowest BCUT2D eigenvalue weighted by molar-refractivity contribution is -0.139. The van der Waals surface area contributed by atoms with Crippen LogP contribution >= 0.6 is 0 Å². The zero-order valence-electron chi connectivity index (χ0n) is 18.0. The van der Waals surface area contributed by atoms with Crippen molar-refractivity contribution in [2.75, 3.05) is 31.3 Å². The van der Waals surface area contributed by atoms with Crippen molar-refractivity contribution in [3.63, 3.8) is 0 Å². The molecular formula is C21H26N6O6. The van der Waals surface area contributed by atoms with Gasteiger partial charge in [0.25, 0.3) is 0 Å². The lowest BCUT2D eigenvalue weighted by Crippen LogP contribution is -2.33. The van der Waals surface area contributed by atoms with E-state index in [1.165, 1.54) is 18.0 Å². The fraction of sp³-hybridized carbons (Fsp3) is 0.429. The number of hydrogen-bond acceptors (Lipinski definition) is 11. The van der Waals surface area contributed by atoms with Crippen LogP contribution in [0.4, 0.5) is 11.8 Å². The van der Waals surface area contributed by atoms with E-state index >= 15 is 0 Å². The summed E-state index contributed by atoms with van der Waals surface area (Å²) in [6.07, 6.45) is -2.11. The van der Waals surface area contributed by atoms with E-state index in [4.69, 9.17) is 10.5 Å². The average Bonchev–Trinajstić information content (AvgIpc) is 3.36. The van der Waals surface area contributed by atoms with Gasteiger partial charge < -0.3 is 35.8 Å². The van der Waals surface area contributed by atoms with Crippen LogP contribution in [-0.4, -0.2) is 79.4 Å². The first kappa shape index (κ1) is 22.9. The number of nitrogens with zero attached hydrogens (tertiary/aromatic N) is 4. The predicted octanol–water partition coefficient (Wildman–Crippen LogP) is -0.610. The highest BCUT2D eigenvalue weighted by molar-refractivity contribution is 5.83. The van der Waals surface area contributed by atoms with Crippen LogP contribution in [0.2, 0.25) is 0 Å². The van der Waals surface area contributed by atoms with Crippen LogP contribution in [0.25, 0.3) is 11.2 Å². The minimum absolute atomic E-state index is 0.153. The number of aliphatic hydroxyl groups excluding tert-OH is 3. The average molecular weight is 458 g/mol. The molecule has 1 aliphatic rings. The minimum Gasteiger partial charge on any atom is -0.469 e. The summed E-state index contributed by atoms with van der Waals surface area (Å²) >= 11 is 0. The topological polar surface area (TPSA) is 178 Å². The van der Waals surface area contributed by atoms with Gasteiger partial charge in [-0.05, 0) is 17.5 Å². The number of methoxy groups -OCH3 is 1. The summed E-state index contributed by atoms with van der Waals surface area (Å²) in [5.41, 5.74) is 8.63. The quantitative estimate of drug-likeness (QED) is 0.272. The number of rotatable bonds is 8. The Hall–Kier alpha value is -3.32. The third-order valence-electron chi connectivity index (χ3n) is 5.54. The number of fused-ring (bicyclic) bond motifs is 1. The molecule has 4 rings (SSSR count). The van der Waals surface area contributed by atoms with Gasteiger partial charge >= 0.3 is 5.97 Å². The van der Waals surface area contributed by atoms with Crippen molar-refractivity contribution in [3.05, 3.63) is 41.7 Å². The molecule has 1 aliphatic heterocycles. The summed E-state index contributed by atoms with van der Waals surface area (Å²) in [7, 11) is 1.36. The standard InChI is InChI=1S/C21H26N6O6/c1-32-14(29)8-12-4-2-11(3-5-12)6-7-23-21-25-18(22)15-19(26-21)27(10-24-15)20-17(31)16(30)13(9-28)33-20/h2-5,10,13,16-17,20,28,30-31H,6-9H2,1H3,(H3,22,23,25,26)/t13-,16-,17-,20-/m1/s1. The molecule has 6 N–H and O–H groups in total. The molecule has 4 atom stereocenters. The number of nitrogen functional groups attached to an aromatic ring is 1. The summed E-state index contributed by atoms with van der Waals surface area (Å²) in [6.45, 7) is 0.0816. The Morgan fingerprint density at radius 3 is 2.61 bits per heavy atom. The molecule has 12 nitrogen and oxygen atoms in total. The molecule has 33 heavy (non-hydrogen) atoms. The van der Waals surface area contributed by atoms with Crippen LogP contribution in [0, 0.1) is 0 Å². The molecule has 3 heterocycles. The van der Waals surface area contributed by atoms with E-state index in [2.05, 4.69) is 25.0 Å². The number of aromatic nitrogens is 4. The Morgan fingerprint density at radius 2 is 1.94 bits per heavy atom. The number of nitrogens with one attached hydrogen (secondary N) is 1. The van der Waals surface area contributed by atoms with Crippen LogP contribution in [0.5, 0.6) is 0 Å². The number of benzene rings is 1. The van der Waals surface area contributed by atoms with E-state index in [1.807, 2.05) is 24.3 Å². The monoisotopic (exact) mass is 458 g/mol. The smallest absolute Gasteiger partial charge is 0.309 e. The van der Waals surface area contributed by atoms with Gasteiger partial charge in [-0.15, -0.1) is 0 Å². The summed E-state index contributed by atoms with van der Waals surface area (Å²) in [6, 6.07) is 7.64. The molecular weight excluding hydrogens is 432 g/mol. The van der Waals surface area contributed by atoms with E-state index in [9.17, 15) is 20.1 Å². The first-order valence-corrected chi connectivity index (χ1v) is 10.4. The number of hydrogen-bond donors (Lipinski definition) is 5. The Bertz CT molecular complexity index is 1120. The Balaban J connectivity index is 1.45. The zero-order chi connectivity index (χ0) is 23.5. The van der Waals surface area contributed by atoms with Gasteiger partial charge in [-0.1, -0.05) is 24.3 Å². The summed E-state index contributed by atoms with van der Waals surface area (Å²) in [5, 5.41) is 32.8. The zero-order valence-corrected chi connectivity index (χ0v) is 18.0. The number of ether oxygens (including phenoxy) is 2. The van der Waals surface area contributed by atoms with Crippen molar-refractivity contribution in [2.45, 2.75) is 37.4 Å². The van der Waals surface area contributed by atoms with Crippen LogP contribution < -0.4 is 11.1 Å². The number of carbonyl (C=O) groups excluding carboxylic acids is 1. The van der Waals surface area contributed by atoms with Crippen LogP contribution in [-0.2, 0) is 27.1 Å². The summed E-state index contributed by atoms with van der Waals surface area (Å²) in [4.78, 5) is 24.2. The molecule has 0 aliphatic carbocycles. The van der Waals surface area contributed by atoms with Gasteiger partial charge in [0.15, 0.2) is 17.7 Å². The molecule has 0 spiro atoms. The van der Waals surface area contributed by atoms with Gasteiger partial charge in [-0.3, -0.25) is 9.36 Å². The number of anilines is 2. The van der Waals surface area contributed by atoms with Gasteiger partial charge in [0, 0.05) is 6.54 Å². The minimum atomic E-state index is -1.27. The molecule has 0 saturated carbocycles. The molecule has 0 bridgehead atoms. The maximum atomic E-state index is 11.4. The third-order valence-corrected chi connectivity index (χ3v) is 5.54. The molecule has 12 heteroatoms. The van der Waals surface area contributed by atoms with Crippen molar-refractivity contribution in [1.82, 2.24) is 19.5 Å². The van der Waals surface area contributed by atoms with Gasteiger partial charge in [0.2, 0.25) is 5.95 Å². The van der Waals surface area contributed by atoms with Gasteiger partial charge in [0.1, 0.15) is 23.8 Å². The highest BCUT2D eigenvalue weighted by Gasteiger charge is 2.44. The first-order valence-electron chi connectivity index (χ1n) is 10.4. The maximum Gasteiger partial charge on any atom is 0.309 e.